The molecule has 0 unspecified atom stereocenters. The van der Waals surface area contributed by atoms with E-state index in [4.69, 9.17) is 26.5 Å². The lowest BCUT2D eigenvalue weighted by atomic mass is 10.5. The van der Waals surface area contributed by atoms with Crippen LogP contribution >= 0.6 is 0 Å². The van der Waals surface area contributed by atoms with E-state index in [2.05, 4.69) is 0 Å². The van der Waals surface area contributed by atoms with Crippen LogP contribution in [-0.2, 0) is 0 Å². The molecule has 0 bridgehead atoms. The highest BCUT2D eigenvalue weighted by molar-refractivity contribution is 5.73. The Bertz CT molecular complexity index is 98.5. The molecule has 4 N–H and O–H groups in total. The van der Waals surface area contributed by atoms with Crippen molar-refractivity contribution in [3.05, 3.63) is 15.3 Å². The normalized spacial score (nSPS) is 6.78. The Kier molecular flexibility index (Phi) is 7.87. The molecule has 0 saturated heterocycles. The molecule has 0 aliphatic carbocycles. The summed E-state index contributed by atoms with van der Waals surface area (Å²) < 4.78 is 0. The third-order valence-electron chi connectivity index (χ3n) is 0.408. The molecule has 0 heterocycles. The van der Waals surface area contributed by atoms with Crippen LogP contribution in [0, 0.1) is 15.3 Å². The zero-order valence-electron chi connectivity index (χ0n) is 5.03. The van der Waals surface area contributed by atoms with E-state index < -0.39 is 5.09 Å². The first kappa shape index (κ1) is 10.6. The fourth-order valence-electron chi connectivity index (χ4n) is 0. The Labute approximate surface area is 51.9 Å². The zero-order valence-corrected chi connectivity index (χ0v) is 5.03. The van der Waals surface area contributed by atoms with Crippen molar-refractivity contribution in [2.24, 2.45) is 5.73 Å². The molecule has 0 fully saturated rings. The van der Waals surface area contributed by atoms with E-state index in [0.717, 1.165) is 6.42 Å². The summed E-state index contributed by atoms with van der Waals surface area (Å²) in [5.74, 6) is 0.505. The maximum Gasteiger partial charge on any atom is 0.237 e. The molecule has 6 nitrogen and oxygen atoms in total. The number of hydrogen-bond acceptors (Lipinski definition) is 3. The van der Waals surface area contributed by atoms with Crippen molar-refractivity contribution < 1.29 is 10.5 Å². The third kappa shape index (κ3) is 324. The molecule has 0 spiro atoms. The lowest BCUT2D eigenvalue weighted by Crippen LogP contribution is -2.44. The molecule has 0 aromatic rings. The van der Waals surface area contributed by atoms with Crippen molar-refractivity contribution >= 4 is 5.84 Å². The van der Waals surface area contributed by atoms with Crippen molar-refractivity contribution in [2.75, 3.05) is 0 Å². The van der Waals surface area contributed by atoms with Gasteiger partial charge in [0.1, 0.15) is 0 Å². The van der Waals surface area contributed by atoms with E-state index in [-0.39, 0.29) is 0 Å². The predicted molar refractivity (Wildman–Crippen MR) is 31.8 cm³/mol. The van der Waals surface area contributed by atoms with Crippen LogP contribution in [0.1, 0.15) is 13.3 Å². The van der Waals surface area contributed by atoms with Crippen LogP contribution < -0.4 is 11.1 Å². The van der Waals surface area contributed by atoms with E-state index >= 15 is 0 Å². The average Bonchev–Trinajstić information content (AvgIpc) is 1.65. The van der Waals surface area contributed by atoms with E-state index in [1.807, 2.05) is 6.92 Å². The summed E-state index contributed by atoms with van der Waals surface area (Å²) in [6, 6.07) is 0. The van der Waals surface area contributed by atoms with Crippen LogP contribution in [0.2, 0.25) is 0 Å². The molecular weight excluding hydrogens is 126 g/mol. The molecule has 0 aliphatic heterocycles. The summed E-state index contributed by atoms with van der Waals surface area (Å²) in [4.78, 5) is 8.25. The van der Waals surface area contributed by atoms with Crippen molar-refractivity contribution in [1.82, 2.24) is 0 Å². The largest absolute Gasteiger partial charge is 0.356 e. The second kappa shape index (κ2) is 6.67. The minimum Gasteiger partial charge on any atom is -0.356 e. The predicted octanol–water partition coefficient (Wildman–Crippen LogP) is -1.73. The van der Waals surface area contributed by atoms with Crippen molar-refractivity contribution in [3.8, 4) is 0 Å². The van der Waals surface area contributed by atoms with Gasteiger partial charge in [0, 0.05) is 6.42 Å². The first-order chi connectivity index (χ1) is 4.00. The highest BCUT2D eigenvalue weighted by Crippen LogP contribution is 1.59. The van der Waals surface area contributed by atoms with Gasteiger partial charge < -0.3 is 15.3 Å². The molecule has 0 atom stereocenters. The van der Waals surface area contributed by atoms with Gasteiger partial charge in [-0.3, -0.25) is 11.1 Å². The van der Waals surface area contributed by atoms with E-state index in [1.54, 1.807) is 0 Å². The Morgan fingerprint density at radius 3 is 1.89 bits per heavy atom. The fraction of sp³-hybridized carbons (Fsp3) is 0.667. The summed E-state index contributed by atoms with van der Waals surface area (Å²) in [7, 11) is 0. The first-order valence-electron chi connectivity index (χ1n) is 2.19. The van der Waals surface area contributed by atoms with E-state index in [1.165, 1.54) is 0 Å². The molecule has 0 saturated carbocycles. The Morgan fingerprint density at radius 1 is 1.78 bits per heavy atom. The van der Waals surface area contributed by atoms with Gasteiger partial charge in [0.25, 0.3) is 0 Å². The minimum absolute atomic E-state index is 0.505. The summed E-state index contributed by atoms with van der Waals surface area (Å²) in [5, 5.41) is 19.7. The van der Waals surface area contributed by atoms with Crippen LogP contribution in [-0.4, -0.2) is 10.9 Å². The Balaban J connectivity index is 0. The molecule has 0 aromatic heterocycles. The molecule has 0 aromatic carbocycles. The van der Waals surface area contributed by atoms with Gasteiger partial charge in [0.2, 0.25) is 5.84 Å². The molecule has 0 aliphatic rings. The monoisotopic (exact) mass is 135 g/mol. The van der Waals surface area contributed by atoms with Gasteiger partial charge in [-0.1, -0.05) is 6.92 Å². The second-order valence-electron chi connectivity index (χ2n) is 1.15. The van der Waals surface area contributed by atoms with E-state index in [9.17, 15) is 0 Å². The number of hydrogen-bond donors (Lipinski definition) is 2. The van der Waals surface area contributed by atoms with Crippen LogP contribution in [0.5, 0.6) is 0 Å². The molecule has 0 amide bonds. The van der Waals surface area contributed by atoms with Gasteiger partial charge in [-0.2, -0.15) is 0 Å². The Hall–Kier alpha value is -1.33. The Morgan fingerprint density at radius 2 is 1.89 bits per heavy atom. The number of nitrogens with two attached hydrogens (primary N) is 2. The van der Waals surface area contributed by atoms with Gasteiger partial charge in [0.15, 0.2) is 0 Å². The first-order valence-corrected chi connectivity index (χ1v) is 2.19. The summed E-state index contributed by atoms with van der Waals surface area (Å²) in [5.41, 5.74) is 4.99. The maximum atomic E-state index is 8.25. The van der Waals surface area contributed by atoms with Gasteiger partial charge in [-0.25, -0.2) is 0 Å². The zero-order chi connectivity index (χ0) is 7.86. The molecule has 9 heavy (non-hydrogen) atoms. The summed E-state index contributed by atoms with van der Waals surface area (Å²) in [6.45, 7) is 1.91. The van der Waals surface area contributed by atoms with Crippen molar-refractivity contribution in [2.45, 2.75) is 13.3 Å². The van der Waals surface area contributed by atoms with Gasteiger partial charge in [-0.05, 0) is 0 Å². The summed E-state index contributed by atoms with van der Waals surface area (Å²) in [6.07, 6.45) is 0.778. The molecule has 0 rings (SSSR count). The lowest BCUT2D eigenvalue weighted by Gasteiger charge is -1.74. The molecule has 54 valence electrons. The topological polar surface area (TPSA) is 118 Å². The fourth-order valence-corrected chi connectivity index (χ4v) is 0. The standard InChI is InChI=1S/C3H8N2.NO3/c1-2-3(4)5;2-1(3)4/h2H2,1H3,(H3,4,5);/q;-1/p+1. The lowest BCUT2D eigenvalue weighted by molar-refractivity contribution is -0.402. The molecular formula is C3H9N3O3. The number of amidine groups is 1. The summed E-state index contributed by atoms with van der Waals surface area (Å²) >= 11 is 0. The highest BCUT2D eigenvalue weighted by atomic mass is 16.9. The van der Waals surface area contributed by atoms with Gasteiger partial charge >= 0.3 is 0 Å². The third-order valence-corrected chi connectivity index (χ3v) is 0.408. The van der Waals surface area contributed by atoms with Crippen molar-refractivity contribution in [1.29, 1.82) is 0 Å². The van der Waals surface area contributed by atoms with Gasteiger partial charge in [-0.15, -0.1) is 0 Å². The molecule has 0 radical (unpaired) electrons. The smallest absolute Gasteiger partial charge is 0.237 e. The average molecular weight is 135 g/mol. The highest BCUT2D eigenvalue weighted by Gasteiger charge is 1.79. The maximum absolute atomic E-state index is 8.25. The number of nitrogens with zero attached hydrogens (tertiary/aromatic N) is 1. The second-order valence-corrected chi connectivity index (χ2v) is 1.15. The van der Waals surface area contributed by atoms with Crippen molar-refractivity contribution in [3.63, 3.8) is 0 Å². The van der Waals surface area contributed by atoms with Crippen LogP contribution in [0.3, 0.4) is 0 Å². The molecule has 6 heteroatoms. The van der Waals surface area contributed by atoms with Crippen LogP contribution in [0.4, 0.5) is 0 Å². The van der Waals surface area contributed by atoms with Crippen LogP contribution in [0.25, 0.3) is 0 Å². The SMILES string of the molecule is CCC(N)=[NH2+].O=[N+]([O-])[O-]. The van der Waals surface area contributed by atoms with Gasteiger partial charge in [0.05, 0.1) is 5.09 Å². The van der Waals surface area contributed by atoms with E-state index in [0.29, 0.717) is 5.84 Å². The van der Waals surface area contributed by atoms with Crippen LogP contribution in [0.15, 0.2) is 0 Å². The quantitative estimate of drug-likeness (QED) is 0.192. The number of rotatable bonds is 1. The minimum atomic E-state index is -1.75.